The zero-order valence-corrected chi connectivity index (χ0v) is 28.7. The van der Waals surface area contributed by atoms with E-state index in [1.54, 1.807) is 56.9 Å². The van der Waals surface area contributed by atoms with Crippen LogP contribution in [-0.4, -0.2) is 69.8 Å². The molecule has 1 fully saturated rings. The fraction of sp³-hybridized carbons (Fsp3) is 0.467. The third kappa shape index (κ3) is 7.51. The predicted molar refractivity (Wildman–Crippen MR) is 178 cm³/mol. The third-order valence-corrected chi connectivity index (χ3v) is 8.52. The van der Waals surface area contributed by atoms with Crippen LogP contribution in [0.3, 0.4) is 0 Å². The number of rotatable bonds is 8. The van der Waals surface area contributed by atoms with E-state index in [9.17, 15) is 14.9 Å². The van der Waals surface area contributed by atoms with E-state index in [4.69, 9.17) is 18.6 Å². The van der Waals surface area contributed by atoms with E-state index in [1.165, 1.54) is 14.1 Å². The first-order chi connectivity index (χ1) is 21.4. The quantitative estimate of drug-likeness (QED) is 0.224. The lowest BCUT2D eigenvalue weighted by atomic mass is 9.83. The number of hydrogen-bond acceptors (Lipinski definition) is 11. The first-order valence-electron chi connectivity index (χ1n) is 14.4. The first-order valence-corrected chi connectivity index (χ1v) is 17.7. The van der Waals surface area contributed by atoms with Gasteiger partial charge in [0.15, 0.2) is 5.69 Å². The summed E-state index contributed by atoms with van der Waals surface area (Å²) in [4.78, 5) is 36.7. The van der Waals surface area contributed by atoms with Crippen LogP contribution < -0.4 is 15.5 Å². The van der Waals surface area contributed by atoms with E-state index in [0.29, 0.717) is 48.1 Å². The van der Waals surface area contributed by atoms with Gasteiger partial charge in [-0.05, 0) is 57.4 Å². The molecule has 238 valence electrons. The van der Waals surface area contributed by atoms with Gasteiger partial charge in [0.25, 0.3) is 5.91 Å². The topological polar surface area (TPSA) is 157 Å². The van der Waals surface area contributed by atoms with Crippen LogP contribution in [0.15, 0.2) is 30.5 Å². The van der Waals surface area contributed by atoms with Crippen LogP contribution in [0.5, 0.6) is 0 Å². The molecule has 4 heterocycles. The first kappa shape index (κ1) is 32.9. The molecule has 1 unspecified atom stereocenters. The van der Waals surface area contributed by atoms with Crippen molar-refractivity contribution in [1.29, 1.82) is 5.26 Å². The number of hydrogen-bond donors (Lipinski definition) is 2. The molecule has 0 bridgehead atoms. The summed E-state index contributed by atoms with van der Waals surface area (Å²) in [7, 11) is 2.94. The van der Waals surface area contributed by atoms with Gasteiger partial charge >= 0.3 is 6.09 Å². The molecule has 15 heteroatoms. The van der Waals surface area contributed by atoms with E-state index < -0.39 is 17.1 Å². The second-order valence-corrected chi connectivity index (χ2v) is 13.7. The van der Waals surface area contributed by atoms with Crippen molar-refractivity contribution >= 4 is 59.9 Å². The van der Waals surface area contributed by atoms with Crippen LogP contribution in [0.1, 0.15) is 62.2 Å². The van der Waals surface area contributed by atoms with Gasteiger partial charge in [-0.15, -0.1) is 0 Å². The van der Waals surface area contributed by atoms with Gasteiger partial charge in [-0.25, -0.2) is 14.8 Å². The lowest BCUT2D eigenvalue weighted by Gasteiger charge is -2.27. The van der Waals surface area contributed by atoms with Crippen molar-refractivity contribution in [3.63, 3.8) is 0 Å². The van der Waals surface area contributed by atoms with Gasteiger partial charge in [-0.2, -0.15) is 10.4 Å². The number of carbonyl (C=O) groups excluding carboxylic acids is 2. The Morgan fingerprint density at radius 3 is 2.71 bits per heavy atom. The number of ether oxygens (including phenoxy) is 2. The van der Waals surface area contributed by atoms with Crippen molar-refractivity contribution in [1.82, 2.24) is 25.1 Å². The highest BCUT2D eigenvalue weighted by atomic mass is 127. The molecule has 0 saturated carbocycles. The van der Waals surface area contributed by atoms with E-state index >= 15 is 0 Å². The Balaban J connectivity index is 1.44. The van der Waals surface area contributed by atoms with Gasteiger partial charge in [0.1, 0.15) is 17.5 Å². The Morgan fingerprint density at radius 1 is 1.27 bits per heavy atom. The van der Waals surface area contributed by atoms with Crippen molar-refractivity contribution in [3.05, 3.63) is 47.3 Å². The Labute approximate surface area is 278 Å². The molecule has 1 saturated heterocycles. The molecule has 1 aromatic carbocycles. The number of nitrogens with one attached hydrogen (secondary N) is 2. The summed E-state index contributed by atoms with van der Waals surface area (Å²) in [5.74, 6) is 0.564. The number of nitriles is 1. The minimum atomic E-state index is -0.703. The van der Waals surface area contributed by atoms with Gasteiger partial charge in [-0.1, -0.05) is 6.92 Å². The van der Waals surface area contributed by atoms with Crippen molar-refractivity contribution < 1.29 is 23.2 Å². The summed E-state index contributed by atoms with van der Waals surface area (Å²) in [6.45, 7) is 9.26. The molecular formula is C30H35IN8O5S. The summed E-state index contributed by atoms with van der Waals surface area (Å²) in [6.07, 6.45) is 2.62. The largest absolute Gasteiger partial charge is 0.443 e. The molecule has 0 radical (unpaired) electrons. The predicted octanol–water partition coefficient (Wildman–Crippen LogP) is 5.43. The number of halogens is 1. The maximum absolute atomic E-state index is 13.3. The molecule has 2 aromatic heterocycles. The van der Waals surface area contributed by atoms with Crippen LogP contribution >= 0.6 is 30.4 Å². The number of fused-ring (bicyclic) bond motifs is 1. The molecule has 0 spiro atoms. The highest BCUT2D eigenvalue weighted by Crippen LogP contribution is 2.46. The fourth-order valence-electron chi connectivity index (χ4n) is 5.37. The molecule has 3 aromatic rings. The minimum absolute atomic E-state index is 0.0558. The third-order valence-electron chi connectivity index (χ3n) is 7.55. The molecule has 1 atom stereocenters. The molecule has 2 N–H and O–H groups in total. The maximum Gasteiger partial charge on any atom is 0.414 e. The zero-order valence-electron chi connectivity index (χ0n) is 25.7. The van der Waals surface area contributed by atoms with Gasteiger partial charge in [0.05, 0.1) is 32.8 Å². The fourth-order valence-corrected chi connectivity index (χ4v) is 6.06. The standard InChI is InChI=1S/C30H35IN8O5S/c1-29(2,3)44-28(41)39-16-30(4,17-43-45-31)21-13-18(12-19(15-32)25(21)39)22-6-9-33-27(35-22)36-24-14-23(37-38(24)5)26(40)34-20-7-10-42-11-8-20/h6,9,12-14,20H,7-8,10-11,16-17H2,1-5H3,(H,34,40)(H,33,35,36). The molecule has 2 amide bonds. The highest BCUT2D eigenvalue weighted by molar-refractivity contribution is 14.2. The average Bonchev–Trinajstić information content (AvgIpc) is 3.52. The zero-order chi connectivity index (χ0) is 32.4. The maximum atomic E-state index is 13.3. The number of amides is 2. The molecule has 13 nitrogen and oxygen atoms in total. The Morgan fingerprint density at radius 2 is 2.02 bits per heavy atom. The molecule has 0 aliphatic carbocycles. The van der Waals surface area contributed by atoms with E-state index in [1.807, 2.05) is 13.0 Å². The van der Waals surface area contributed by atoms with Gasteiger partial charge in [0.2, 0.25) is 5.95 Å². The molecular weight excluding hydrogens is 711 g/mol. The van der Waals surface area contributed by atoms with Crippen LogP contribution in [0, 0.1) is 11.3 Å². The average molecular weight is 747 g/mol. The summed E-state index contributed by atoms with van der Waals surface area (Å²) >= 11 is 2.06. The summed E-state index contributed by atoms with van der Waals surface area (Å²) < 4.78 is 18.4. The smallest absolute Gasteiger partial charge is 0.414 e. The normalized spacial score (nSPS) is 18.3. The Kier molecular flexibility index (Phi) is 9.87. The SMILES string of the molecule is Cn1nc(C(=O)NC2CCOCC2)cc1Nc1nccc(-c2cc(C#N)c3c(c2)C(C)(COSI)CN3C(=O)OC(C)(C)C)n1. The monoisotopic (exact) mass is 746 g/mol. The van der Waals surface area contributed by atoms with Crippen LogP contribution in [0.2, 0.25) is 0 Å². The van der Waals surface area contributed by atoms with Crippen LogP contribution in [0.25, 0.3) is 11.3 Å². The number of anilines is 3. The molecule has 2 aliphatic heterocycles. The highest BCUT2D eigenvalue weighted by Gasteiger charge is 2.45. The lowest BCUT2D eigenvalue weighted by Crippen LogP contribution is -2.40. The lowest BCUT2D eigenvalue weighted by molar-refractivity contribution is 0.0575. The minimum Gasteiger partial charge on any atom is -0.443 e. The molecule has 2 aliphatic rings. The number of aryl methyl sites for hydroxylation is 1. The van der Waals surface area contributed by atoms with E-state index in [2.05, 4.69) is 48.0 Å². The number of aromatic nitrogens is 4. The van der Waals surface area contributed by atoms with Crippen molar-refractivity contribution in [2.45, 2.75) is 57.6 Å². The second kappa shape index (κ2) is 13.5. The summed E-state index contributed by atoms with van der Waals surface area (Å²) in [6, 6.07) is 9.38. The summed E-state index contributed by atoms with van der Waals surface area (Å²) in [5.41, 5.74) is 1.81. The van der Waals surface area contributed by atoms with Gasteiger partial charge < -0.3 is 24.3 Å². The van der Waals surface area contributed by atoms with Crippen molar-refractivity contribution in [2.24, 2.45) is 7.05 Å². The van der Waals surface area contributed by atoms with Gasteiger partial charge in [-0.3, -0.25) is 14.4 Å². The second-order valence-electron chi connectivity index (χ2n) is 12.3. The van der Waals surface area contributed by atoms with Crippen molar-refractivity contribution in [2.75, 3.05) is 36.6 Å². The van der Waals surface area contributed by atoms with Crippen LogP contribution in [0.4, 0.5) is 22.2 Å². The van der Waals surface area contributed by atoms with Gasteiger partial charge in [0, 0.05) is 77.3 Å². The molecule has 45 heavy (non-hydrogen) atoms. The number of nitrogens with zero attached hydrogens (tertiary/aromatic N) is 6. The van der Waals surface area contributed by atoms with Crippen LogP contribution in [-0.2, 0) is 26.1 Å². The van der Waals surface area contributed by atoms with Crippen molar-refractivity contribution in [3.8, 4) is 17.3 Å². The molecule has 5 rings (SSSR count). The van der Waals surface area contributed by atoms with E-state index in [0.717, 1.165) is 18.4 Å². The Bertz CT molecular complexity index is 1630. The number of benzene rings is 1. The van der Waals surface area contributed by atoms with E-state index in [-0.39, 0.29) is 30.1 Å². The Hall–Kier alpha value is -3.46. The summed E-state index contributed by atoms with van der Waals surface area (Å²) in [5, 5.41) is 20.8. The number of carbonyl (C=O) groups is 2.